The zero-order chi connectivity index (χ0) is 16.2. The van der Waals surface area contributed by atoms with Crippen LogP contribution in [-0.4, -0.2) is 22.3 Å². The maximum atomic E-state index is 11.9. The van der Waals surface area contributed by atoms with Gasteiger partial charge >= 0.3 is 5.97 Å². The fourth-order valence-electron chi connectivity index (χ4n) is 1.97. The highest BCUT2D eigenvalue weighted by Crippen LogP contribution is 2.18. The molecule has 114 valence electrons. The Morgan fingerprint density at radius 2 is 1.86 bits per heavy atom. The van der Waals surface area contributed by atoms with Gasteiger partial charge in [0.2, 0.25) is 5.78 Å². The Hall–Kier alpha value is -2.49. The number of carbonyl (C=O) groups is 2. The van der Waals surface area contributed by atoms with E-state index >= 15 is 0 Å². The number of aromatic nitrogens is 1. The lowest BCUT2D eigenvalue weighted by atomic mass is 10.0. The van der Waals surface area contributed by atoms with Crippen LogP contribution in [0.4, 0.5) is 0 Å². The Balaban J connectivity index is 2.11. The number of hydrogen-bond donors (Lipinski definition) is 0. The van der Waals surface area contributed by atoms with Crippen molar-refractivity contribution in [2.75, 3.05) is 0 Å². The number of ketones is 1. The molecule has 2 rings (SSSR count). The molecule has 0 atom stereocenters. The highest BCUT2D eigenvalue weighted by molar-refractivity contribution is 6.34. The van der Waals surface area contributed by atoms with Crippen LogP contribution in [0.3, 0.4) is 0 Å². The number of nitrogens with zero attached hydrogens (tertiary/aromatic N) is 1. The van der Waals surface area contributed by atoms with Crippen LogP contribution < -0.4 is 0 Å². The minimum absolute atomic E-state index is 0.0234. The number of rotatable bonds is 4. The lowest BCUT2D eigenvalue weighted by Gasteiger charge is -2.18. The van der Waals surface area contributed by atoms with E-state index in [4.69, 9.17) is 4.74 Å². The highest BCUT2D eigenvalue weighted by atomic mass is 16.6. The van der Waals surface area contributed by atoms with Crippen LogP contribution in [0.25, 0.3) is 11.3 Å². The predicted molar refractivity (Wildman–Crippen MR) is 84.2 cm³/mol. The van der Waals surface area contributed by atoms with Gasteiger partial charge in [-0.25, -0.2) is 4.79 Å². The van der Waals surface area contributed by atoms with Gasteiger partial charge in [-0.1, -0.05) is 24.3 Å². The molecule has 4 nitrogen and oxygen atoms in total. The number of carbonyl (C=O) groups excluding carboxylic acids is 2. The molecular formula is C18H19NO3. The van der Waals surface area contributed by atoms with Gasteiger partial charge < -0.3 is 4.74 Å². The van der Waals surface area contributed by atoms with Gasteiger partial charge in [0.05, 0.1) is 5.69 Å². The summed E-state index contributed by atoms with van der Waals surface area (Å²) >= 11 is 0. The molecule has 0 unspecified atom stereocenters. The molecule has 0 aliphatic rings. The molecule has 0 spiro atoms. The Morgan fingerprint density at radius 3 is 2.50 bits per heavy atom. The summed E-state index contributed by atoms with van der Waals surface area (Å²) in [4.78, 5) is 28.0. The third-order valence-corrected chi connectivity index (χ3v) is 2.88. The van der Waals surface area contributed by atoms with Crippen LogP contribution in [0.1, 0.15) is 26.3 Å². The number of esters is 1. The Morgan fingerprint density at radius 1 is 1.09 bits per heavy atom. The Bertz CT molecular complexity index is 672. The molecule has 0 saturated heterocycles. The van der Waals surface area contributed by atoms with E-state index in [1.807, 2.05) is 42.5 Å². The van der Waals surface area contributed by atoms with E-state index in [0.717, 1.165) is 16.8 Å². The molecule has 0 N–H and O–H groups in total. The SMILES string of the molecule is CC(C)(C)OC(=O)C(=O)Cc1cccc(-c2ccccn2)c1. The molecular weight excluding hydrogens is 278 g/mol. The van der Waals surface area contributed by atoms with Gasteiger partial charge in [-0.15, -0.1) is 0 Å². The first-order valence-corrected chi connectivity index (χ1v) is 7.12. The van der Waals surface area contributed by atoms with Crippen molar-refractivity contribution in [3.8, 4) is 11.3 Å². The van der Waals surface area contributed by atoms with Crippen LogP contribution >= 0.6 is 0 Å². The van der Waals surface area contributed by atoms with E-state index in [-0.39, 0.29) is 6.42 Å². The summed E-state index contributed by atoms with van der Waals surface area (Å²) in [5, 5.41) is 0. The topological polar surface area (TPSA) is 56.3 Å². The summed E-state index contributed by atoms with van der Waals surface area (Å²) in [5.41, 5.74) is 1.84. The lowest BCUT2D eigenvalue weighted by Crippen LogP contribution is -2.29. The van der Waals surface area contributed by atoms with E-state index < -0.39 is 17.4 Å². The second kappa shape index (κ2) is 6.52. The van der Waals surface area contributed by atoms with Crippen LogP contribution in [-0.2, 0) is 20.7 Å². The highest BCUT2D eigenvalue weighted by Gasteiger charge is 2.22. The fraction of sp³-hybridized carbons (Fsp3) is 0.278. The lowest BCUT2D eigenvalue weighted by molar-refractivity contribution is -0.162. The quantitative estimate of drug-likeness (QED) is 0.642. The van der Waals surface area contributed by atoms with Crippen molar-refractivity contribution >= 4 is 11.8 Å². The van der Waals surface area contributed by atoms with Crippen molar-refractivity contribution in [3.63, 3.8) is 0 Å². The van der Waals surface area contributed by atoms with Gasteiger partial charge in [0.25, 0.3) is 0 Å². The van der Waals surface area contributed by atoms with Crippen LogP contribution in [0.5, 0.6) is 0 Å². The number of pyridine rings is 1. The van der Waals surface area contributed by atoms with Crippen LogP contribution in [0, 0.1) is 0 Å². The molecule has 4 heteroatoms. The monoisotopic (exact) mass is 297 g/mol. The van der Waals surface area contributed by atoms with E-state index in [1.165, 1.54) is 0 Å². The second-order valence-electron chi connectivity index (χ2n) is 6.02. The fourth-order valence-corrected chi connectivity index (χ4v) is 1.97. The van der Waals surface area contributed by atoms with Crippen LogP contribution in [0.2, 0.25) is 0 Å². The summed E-state index contributed by atoms with van der Waals surface area (Å²) < 4.78 is 5.09. The molecule has 0 radical (unpaired) electrons. The standard InChI is InChI=1S/C18H19NO3/c1-18(2,3)22-17(21)16(20)12-13-7-6-8-14(11-13)15-9-4-5-10-19-15/h4-11H,12H2,1-3H3. The van der Waals surface area contributed by atoms with E-state index in [2.05, 4.69) is 4.98 Å². The molecule has 0 fully saturated rings. The van der Waals surface area contributed by atoms with Gasteiger partial charge in [0.1, 0.15) is 5.60 Å². The number of benzene rings is 1. The largest absolute Gasteiger partial charge is 0.454 e. The molecule has 1 aromatic heterocycles. The molecule has 0 saturated carbocycles. The van der Waals surface area contributed by atoms with Crippen molar-refractivity contribution < 1.29 is 14.3 Å². The second-order valence-corrected chi connectivity index (χ2v) is 6.02. The van der Waals surface area contributed by atoms with Gasteiger partial charge in [-0.2, -0.15) is 0 Å². The van der Waals surface area contributed by atoms with Crippen molar-refractivity contribution in [2.24, 2.45) is 0 Å². The van der Waals surface area contributed by atoms with Crippen molar-refractivity contribution in [3.05, 3.63) is 54.2 Å². The van der Waals surface area contributed by atoms with E-state index in [1.54, 1.807) is 27.0 Å². The smallest absolute Gasteiger partial charge is 0.375 e. The molecule has 0 aliphatic heterocycles. The third kappa shape index (κ3) is 4.52. The molecule has 0 aliphatic carbocycles. The van der Waals surface area contributed by atoms with Crippen molar-refractivity contribution in [2.45, 2.75) is 32.8 Å². The summed E-state index contributed by atoms with van der Waals surface area (Å²) in [7, 11) is 0. The maximum absolute atomic E-state index is 11.9. The molecule has 1 heterocycles. The molecule has 1 aromatic carbocycles. The third-order valence-electron chi connectivity index (χ3n) is 2.88. The molecule has 0 bridgehead atoms. The minimum Gasteiger partial charge on any atom is -0.454 e. The number of Topliss-reactive ketones (excluding diaryl/α,β-unsaturated/α-hetero) is 1. The van der Waals surface area contributed by atoms with Gasteiger partial charge in [0.15, 0.2) is 0 Å². The van der Waals surface area contributed by atoms with Gasteiger partial charge in [0, 0.05) is 18.2 Å². The number of hydrogen-bond acceptors (Lipinski definition) is 4. The summed E-state index contributed by atoms with van der Waals surface area (Å²) in [6, 6.07) is 13.1. The average Bonchev–Trinajstić information content (AvgIpc) is 2.46. The summed E-state index contributed by atoms with van der Waals surface area (Å²) in [5.74, 6) is -1.34. The van der Waals surface area contributed by atoms with E-state index in [0.29, 0.717) is 0 Å². The van der Waals surface area contributed by atoms with E-state index in [9.17, 15) is 9.59 Å². The van der Waals surface area contributed by atoms with Gasteiger partial charge in [-0.3, -0.25) is 9.78 Å². The molecule has 2 aromatic rings. The first-order valence-electron chi connectivity index (χ1n) is 7.12. The minimum atomic E-state index is -0.796. The summed E-state index contributed by atoms with van der Waals surface area (Å²) in [6.45, 7) is 5.21. The predicted octanol–water partition coefficient (Wildman–Crippen LogP) is 3.20. The first kappa shape index (κ1) is 15.9. The Labute approximate surface area is 130 Å². The Kier molecular flexibility index (Phi) is 4.71. The van der Waals surface area contributed by atoms with Crippen molar-refractivity contribution in [1.82, 2.24) is 4.98 Å². The van der Waals surface area contributed by atoms with Crippen LogP contribution in [0.15, 0.2) is 48.7 Å². The summed E-state index contributed by atoms with van der Waals surface area (Å²) in [6.07, 6.45) is 1.74. The van der Waals surface area contributed by atoms with Crippen molar-refractivity contribution in [1.29, 1.82) is 0 Å². The zero-order valence-electron chi connectivity index (χ0n) is 13.0. The number of ether oxygens (including phenoxy) is 1. The molecule has 0 amide bonds. The maximum Gasteiger partial charge on any atom is 0.375 e. The first-order chi connectivity index (χ1) is 10.3. The van der Waals surface area contributed by atoms with Gasteiger partial charge in [-0.05, 0) is 44.5 Å². The average molecular weight is 297 g/mol. The molecule has 22 heavy (non-hydrogen) atoms. The zero-order valence-corrected chi connectivity index (χ0v) is 13.0. The normalized spacial score (nSPS) is 11.0.